The summed E-state index contributed by atoms with van der Waals surface area (Å²) >= 11 is 12.3. The summed E-state index contributed by atoms with van der Waals surface area (Å²) < 4.78 is 28.1. The summed E-state index contributed by atoms with van der Waals surface area (Å²) in [5.41, 5.74) is 3.85. The average Bonchev–Trinajstić information content (AvgIpc) is 2.84. The molecule has 0 atom stereocenters. The molecular weight excluding hydrogens is 517 g/mol. The zero-order valence-corrected chi connectivity index (χ0v) is 21.7. The third-order valence-electron chi connectivity index (χ3n) is 5.43. The van der Waals surface area contributed by atoms with E-state index in [2.05, 4.69) is 10.3 Å². The number of aryl methyl sites for hydroxylation is 1. The summed E-state index contributed by atoms with van der Waals surface area (Å²) in [4.78, 5) is 17.1. The van der Waals surface area contributed by atoms with Gasteiger partial charge in [0.15, 0.2) is 0 Å². The molecule has 0 aliphatic carbocycles. The fourth-order valence-corrected chi connectivity index (χ4v) is 5.53. The van der Waals surface area contributed by atoms with Crippen LogP contribution in [0.25, 0.3) is 0 Å². The third-order valence-corrected chi connectivity index (χ3v) is 7.65. The largest absolute Gasteiger partial charge is 0.325 e. The van der Waals surface area contributed by atoms with E-state index in [9.17, 15) is 13.2 Å². The molecule has 1 N–H and O–H groups in total. The molecule has 0 bridgehead atoms. The van der Waals surface area contributed by atoms with Crippen molar-refractivity contribution in [3.63, 3.8) is 0 Å². The first-order valence-corrected chi connectivity index (χ1v) is 13.2. The van der Waals surface area contributed by atoms with Crippen molar-refractivity contribution < 1.29 is 13.2 Å². The van der Waals surface area contributed by atoms with Crippen molar-refractivity contribution in [1.29, 1.82) is 0 Å². The molecular formula is C27H23Cl2N3O3S. The van der Waals surface area contributed by atoms with Crippen molar-refractivity contribution in [2.45, 2.75) is 18.2 Å². The quantitative estimate of drug-likeness (QED) is 0.292. The van der Waals surface area contributed by atoms with Gasteiger partial charge in [-0.1, -0.05) is 53.0 Å². The molecule has 36 heavy (non-hydrogen) atoms. The van der Waals surface area contributed by atoms with Crippen LogP contribution in [0.15, 0.2) is 96.2 Å². The molecule has 184 valence electrons. The molecule has 6 nitrogen and oxygen atoms in total. The summed E-state index contributed by atoms with van der Waals surface area (Å²) in [7, 11) is -4.08. The van der Waals surface area contributed by atoms with Gasteiger partial charge in [0.1, 0.15) is 6.54 Å². The summed E-state index contributed by atoms with van der Waals surface area (Å²) in [6, 6.07) is 22.1. The van der Waals surface area contributed by atoms with Gasteiger partial charge in [-0.05, 0) is 79.1 Å². The van der Waals surface area contributed by atoms with Crippen LogP contribution in [0.5, 0.6) is 0 Å². The fraction of sp³-hybridized carbons (Fsp3) is 0.111. The molecule has 1 aromatic heterocycles. The van der Waals surface area contributed by atoms with Crippen LogP contribution in [0.1, 0.15) is 16.7 Å². The Hall–Kier alpha value is -3.39. The van der Waals surface area contributed by atoms with Gasteiger partial charge in [-0.3, -0.25) is 14.1 Å². The lowest BCUT2D eigenvalue weighted by molar-refractivity contribution is -0.114. The first-order valence-electron chi connectivity index (χ1n) is 11.0. The third kappa shape index (κ3) is 6.43. The van der Waals surface area contributed by atoms with Gasteiger partial charge >= 0.3 is 0 Å². The Kier molecular flexibility index (Phi) is 7.94. The van der Waals surface area contributed by atoms with Gasteiger partial charge < -0.3 is 5.32 Å². The van der Waals surface area contributed by atoms with E-state index < -0.39 is 22.5 Å². The van der Waals surface area contributed by atoms with Crippen LogP contribution in [0.3, 0.4) is 0 Å². The highest BCUT2D eigenvalue weighted by molar-refractivity contribution is 7.92. The highest BCUT2D eigenvalue weighted by atomic mass is 35.5. The number of sulfonamides is 1. The molecule has 0 aliphatic heterocycles. The molecule has 0 spiro atoms. The Labute approximate surface area is 220 Å². The van der Waals surface area contributed by atoms with E-state index >= 15 is 0 Å². The van der Waals surface area contributed by atoms with Crippen molar-refractivity contribution in [2.75, 3.05) is 16.2 Å². The van der Waals surface area contributed by atoms with Gasteiger partial charge in [0, 0.05) is 28.1 Å². The van der Waals surface area contributed by atoms with Crippen LogP contribution in [0.4, 0.5) is 11.4 Å². The topological polar surface area (TPSA) is 79.4 Å². The molecule has 9 heteroatoms. The summed E-state index contributed by atoms with van der Waals surface area (Å²) in [5, 5.41) is 3.29. The number of hydrogen-bond acceptors (Lipinski definition) is 4. The minimum Gasteiger partial charge on any atom is -0.325 e. The minimum absolute atomic E-state index is 0.0532. The van der Waals surface area contributed by atoms with Crippen molar-refractivity contribution in [3.8, 4) is 0 Å². The number of aromatic nitrogens is 1. The number of benzene rings is 3. The second-order valence-corrected chi connectivity index (χ2v) is 11.0. The van der Waals surface area contributed by atoms with Crippen LogP contribution in [-0.4, -0.2) is 25.9 Å². The molecule has 1 heterocycles. The molecule has 0 radical (unpaired) electrons. The predicted molar refractivity (Wildman–Crippen MR) is 144 cm³/mol. The number of carbonyl (C=O) groups is 1. The van der Waals surface area contributed by atoms with Crippen LogP contribution in [0.2, 0.25) is 10.0 Å². The lowest BCUT2D eigenvalue weighted by Crippen LogP contribution is -2.38. The maximum Gasteiger partial charge on any atom is 0.264 e. The summed E-state index contributed by atoms with van der Waals surface area (Å²) in [6.45, 7) is 1.40. The highest BCUT2D eigenvalue weighted by Crippen LogP contribution is 2.30. The first-order chi connectivity index (χ1) is 17.2. The van der Waals surface area contributed by atoms with E-state index in [1.54, 1.807) is 36.7 Å². The number of nitrogens with one attached hydrogen (secondary N) is 1. The predicted octanol–water partition coefficient (Wildman–Crippen LogP) is 6.12. The number of halogens is 2. The first kappa shape index (κ1) is 25.7. The van der Waals surface area contributed by atoms with Crippen molar-refractivity contribution >= 4 is 50.5 Å². The molecule has 4 rings (SSSR count). The van der Waals surface area contributed by atoms with Gasteiger partial charge in [-0.15, -0.1) is 0 Å². The van der Waals surface area contributed by atoms with Crippen LogP contribution in [0, 0.1) is 6.92 Å². The lowest BCUT2D eigenvalue weighted by atomic mass is 10.1. The maximum absolute atomic E-state index is 13.5. The average molecular weight is 540 g/mol. The highest BCUT2D eigenvalue weighted by Gasteiger charge is 2.28. The second kappa shape index (κ2) is 11.1. The second-order valence-electron chi connectivity index (χ2n) is 8.23. The summed E-state index contributed by atoms with van der Waals surface area (Å²) in [5.74, 6) is -0.510. The normalized spacial score (nSPS) is 11.2. The Morgan fingerprint density at radius 1 is 0.861 bits per heavy atom. The molecule has 0 aliphatic rings. The number of amides is 1. The zero-order chi connectivity index (χ0) is 25.7. The number of anilines is 2. The molecule has 0 fully saturated rings. The molecule has 0 unspecified atom stereocenters. The van der Waals surface area contributed by atoms with Crippen molar-refractivity contribution in [3.05, 3.63) is 118 Å². The Morgan fingerprint density at radius 2 is 1.44 bits per heavy atom. The number of carbonyl (C=O) groups excluding carboxylic acids is 1. The van der Waals surface area contributed by atoms with Gasteiger partial charge in [-0.2, -0.15) is 0 Å². The van der Waals surface area contributed by atoms with E-state index in [1.807, 2.05) is 31.2 Å². The Balaban J connectivity index is 1.55. The zero-order valence-electron chi connectivity index (χ0n) is 19.4. The smallest absolute Gasteiger partial charge is 0.264 e. The standard InChI is InChI=1S/C27H23Cl2N3O3S/c1-19-2-8-26(9-3-19)36(34,35)32(25-16-22(28)15-23(29)17-25)18-27(33)31-24-6-4-20(5-7-24)14-21-10-12-30-13-11-21/h2-13,15-17H,14,18H2,1H3,(H,31,33). The molecule has 0 saturated heterocycles. The van der Waals surface area contributed by atoms with Gasteiger partial charge in [0.2, 0.25) is 5.91 Å². The minimum atomic E-state index is -4.08. The van der Waals surface area contributed by atoms with Crippen LogP contribution >= 0.6 is 23.2 Å². The molecule has 4 aromatic rings. The summed E-state index contributed by atoms with van der Waals surface area (Å²) in [6.07, 6.45) is 4.22. The number of nitrogens with zero attached hydrogens (tertiary/aromatic N) is 2. The number of hydrogen-bond donors (Lipinski definition) is 1. The molecule has 1 amide bonds. The Bertz CT molecular complexity index is 1440. The monoisotopic (exact) mass is 539 g/mol. The van der Waals surface area contributed by atoms with E-state index in [1.165, 1.54) is 30.3 Å². The van der Waals surface area contributed by atoms with E-state index in [-0.39, 0.29) is 20.6 Å². The van der Waals surface area contributed by atoms with Crippen molar-refractivity contribution in [1.82, 2.24) is 4.98 Å². The van der Waals surface area contributed by atoms with E-state index in [4.69, 9.17) is 23.2 Å². The van der Waals surface area contributed by atoms with Crippen molar-refractivity contribution in [2.24, 2.45) is 0 Å². The maximum atomic E-state index is 13.5. The number of rotatable bonds is 8. The molecule has 0 saturated carbocycles. The van der Waals surface area contributed by atoms with E-state index in [0.717, 1.165) is 27.4 Å². The van der Waals surface area contributed by atoms with Crippen LogP contribution in [-0.2, 0) is 21.2 Å². The van der Waals surface area contributed by atoms with Gasteiger partial charge in [0.05, 0.1) is 10.6 Å². The van der Waals surface area contributed by atoms with Gasteiger partial charge in [0.25, 0.3) is 10.0 Å². The Morgan fingerprint density at radius 3 is 2.06 bits per heavy atom. The SMILES string of the molecule is Cc1ccc(S(=O)(=O)N(CC(=O)Nc2ccc(Cc3ccncc3)cc2)c2cc(Cl)cc(Cl)c2)cc1. The van der Waals surface area contributed by atoms with E-state index in [0.29, 0.717) is 5.69 Å². The number of pyridine rings is 1. The lowest BCUT2D eigenvalue weighted by Gasteiger charge is -2.24. The fourth-order valence-electron chi connectivity index (χ4n) is 3.61. The molecule has 3 aromatic carbocycles. The van der Waals surface area contributed by atoms with Crippen LogP contribution < -0.4 is 9.62 Å². The van der Waals surface area contributed by atoms with Gasteiger partial charge in [-0.25, -0.2) is 8.42 Å².